The Balaban J connectivity index is 2.51. The van der Waals surface area contributed by atoms with E-state index in [4.69, 9.17) is 4.42 Å². The van der Waals surface area contributed by atoms with Gasteiger partial charge in [-0.15, -0.1) is 0 Å². The van der Waals surface area contributed by atoms with Crippen molar-refractivity contribution in [1.29, 1.82) is 0 Å². The second-order valence-electron chi connectivity index (χ2n) is 4.34. The quantitative estimate of drug-likeness (QED) is 0.779. The minimum Gasteiger partial charge on any atom is -0.452 e. The lowest BCUT2D eigenvalue weighted by Crippen LogP contribution is -2.23. The summed E-state index contributed by atoms with van der Waals surface area (Å²) in [5, 5.41) is 2.93. The smallest absolute Gasteiger partial charge is 0.419 e. The molecule has 2 aromatic rings. The Kier molecular flexibility index (Phi) is 4.73. The van der Waals surface area contributed by atoms with E-state index in [0.29, 0.717) is 17.0 Å². The predicted molar refractivity (Wildman–Crippen MR) is 73.3 cm³/mol. The van der Waals surface area contributed by atoms with E-state index in [1.807, 2.05) is 0 Å². The van der Waals surface area contributed by atoms with E-state index in [0.717, 1.165) is 6.07 Å². The molecular weight excluding hydrogens is 354 g/mol. The third-order valence-electron chi connectivity index (χ3n) is 2.93. The SMILES string of the molecule is CCNC(c1ccc(Br)o1)c1cccc(C(F)(F)F)c1F. The van der Waals surface area contributed by atoms with Gasteiger partial charge in [0.15, 0.2) is 4.67 Å². The van der Waals surface area contributed by atoms with Gasteiger partial charge < -0.3 is 9.73 Å². The first-order valence-corrected chi connectivity index (χ1v) is 6.98. The third-order valence-corrected chi connectivity index (χ3v) is 3.36. The van der Waals surface area contributed by atoms with E-state index in [9.17, 15) is 17.6 Å². The second kappa shape index (κ2) is 6.19. The zero-order valence-electron chi connectivity index (χ0n) is 11.0. The molecular formula is C14H12BrF4NO. The molecule has 2 nitrogen and oxygen atoms in total. The molecule has 1 N–H and O–H groups in total. The monoisotopic (exact) mass is 365 g/mol. The van der Waals surface area contributed by atoms with Gasteiger partial charge in [0.2, 0.25) is 0 Å². The summed E-state index contributed by atoms with van der Waals surface area (Å²) in [7, 11) is 0. The number of hydrogen-bond donors (Lipinski definition) is 1. The largest absolute Gasteiger partial charge is 0.452 e. The number of halogens is 5. The summed E-state index contributed by atoms with van der Waals surface area (Å²) in [5.41, 5.74) is -1.39. The first kappa shape index (κ1) is 16.0. The van der Waals surface area contributed by atoms with Crippen LogP contribution in [-0.4, -0.2) is 6.54 Å². The maximum Gasteiger partial charge on any atom is 0.419 e. The fraction of sp³-hybridized carbons (Fsp3) is 0.286. The van der Waals surface area contributed by atoms with Crippen molar-refractivity contribution in [2.24, 2.45) is 0 Å². The topological polar surface area (TPSA) is 25.2 Å². The Morgan fingerprint density at radius 2 is 1.95 bits per heavy atom. The Labute approximate surface area is 127 Å². The summed E-state index contributed by atoms with van der Waals surface area (Å²) in [5.74, 6) is -0.953. The number of alkyl halides is 3. The molecule has 21 heavy (non-hydrogen) atoms. The molecule has 1 aromatic carbocycles. The zero-order valence-corrected chi connectivity index (χ0v) is 12.6. The molecule has 1 unspecified atom stereocenters. The van der Waals surface area contributed by atoms with E-state index in [-0.39, 0.29) is 5.56 Å². The molecule has 1 heterocycles. The molecule has 0 amide bonds. The summed E-state index contributed by atoms with van der Waals surface area (Å²) < 4.78 is 58.4. The normalized spacial score (nSPS) is 13.4. The van der Waals surface area contributed by atoms with Crippen LogP contribution in [-0.2, 0) is 6.18 Å². The van der Waals surface area contributed by atoms with E-state index in [1.165, 1.54) is 12.1 Å². The van der Waals surface area contributed by atoms with Crippen molar-refractivity contribution in [2.45, 2.75) is 19.1 Å². The number of hydrogen-bond acceptors (Lipinski definition) is 2. The van der Waals surface area contributed by atoms with Gasteiger partial charge in [-0.1, -0.05) is 19.1 Å². The van der Waals surface area contributed by atoms with Crippen LogP contribution in [0.5, 0.6) is 0 Å². The molecule has 0 bridgehead atoms. The Bertz CT molecular complexity index is 624. The van der Waals surface area contributed by atoms with Gasteiger partial charge in [0, 0.05) is 5.56 Å². The highest BCUT2D eigenvalue weighted by Crippen LogP contribution is 2.35. The number of benzene rings is 1. The fourth-order valence-corrected chi connectivity index (χ4v) is 2.36. The van der Waals surface area contributed by atoms with Crippen LogP contribution in [0.3, 0.4) is 0 Å². The van der Waals surface area contributed by atoms with Crippen LogP contribution < -0.4 is 5.32 Å². The van der Waals surface area contributed by atoms with Gasteiger partial charge in [-0.2, -0.15) is 13.2 Å². The van der Waals surface area contributed by atoms with Gasteiger partial charge in [0.25, 0.3) is 0 Å². The van der Waals surface area contributed by atoms with Crippen molar-refractivity contribution in [3.8, 4) is 0 Å². The van der Waals surface area contributed by atoms with Crippen molar-refractivity contribution in [3.05, 3.63) is 57.7 Å². The van der Waals surface area contributed by atoms with Gasteiger partial charge in [-0.25, -0.2) is 4.39 Å². The maximum atomic E-state index is 14.2. The van der Waals surface area contributed by atoms with Gasteiger partial charge in [0.05, 0.1) is 11.6 Å². The highest BCUT2D eigenvalue weighted by Gasteiger charge is 2.36. The Hall–Kier alpha value is -1.34. The first-order chi connectivity index (χ1) is 9.84. The Morgan fingerprint density at radius 1 is 1.24 bits per heavy atom. The van der Waals surface area contributed by atoms with Crippen LogP contribution in [0, 0.1) is 5.82 Å². The number of furan rings is 1. The molecule has 0 aliphatic heterocycles. The lowest BCUT2D eigenvalue weighted by atomic mass is 10.0. The van der Waals surface area contributed by atoms with Crippen LogP contribution in [0.2, 0.25) is 0 Å². The molecule has 7 heteroatoms. The molecule has 0 aliphatic carbocycles. The third kappa shape index (κ3) is 3.47. The Morgan fingerprint density at radius 3 is 2.48 bits per heavy atom. The summed E-state index contributed by atoms with van der Waals surface area (Å²) in [4.78, 5) is 0. The minimum absolute atomic E-state index is 0.103. The van der Waals surface area contributed by atoms with E-state index in [1.54, 1.807) is 19.1 Å². The van der Waals surface area contributed by atoms with Crippen LogP contribution in [0.15, 0.2) is 39.4 Å². The van der Waals surface area contributed by atoms with Crippen molar-refractivity contribution in [1.82, 2.24) is 5.32 Å². The highest BCUT2D eigenvalue weighted by atomic mass is 79.9. The van der Waals surface area contributed by atoms with Crippen LogP contribution in [0.25, 0.3) is 0 Å². The van der Waals surface area contributed by atoms with Gasteiger partial charge >= 0.3 is 6.18 Å². The molecule has 1 atom stereocenters. The standard InChI is InChI=1S/C14H12BrF4NO/c1-2-20-13(10-6-7-11(15)21-10)8-4-3-5-9(12(8)16)14(17,18)19/h3-7,13,20H,2H2,1H3. The highest BCUT2D eigenvalue weighted by molar-refractivity contribution is 9.10. The zero-order chi connectivity index (χ0) is 15.6. The molecule has 0 radical (unpaired) electrons. The van der Waals surface area contributed by atoms with Crippen LogP contribution in [0.4, 0.5) is 17.6 Å². The van der Waals surface area contributed by atoms with Crippen LogP contribution in [0.1, 0.15) is 29.9 Å². The predicted octanol–water partition coefficient (Wildman–Crippen LogP) is 4.90. The molecule has 0 fully saturated rings. The van der Waals surface area contributed by atoms with Gasteiger partial charge in [0.1, 0.15) is 11.6 Å². The van der Waals surface area contributed by atoms with E-state index < -0.39 is 23.6 Å². The average molecular weight is 366 g/mol. The average Bonchev–Trinajstić information content (AvgIpc) is 2.82. The van der Waals surface area contributed by atoms with Gasteiger partial charge in [-0.05, 0) is 40.7 Å². The number of nitrogens with one attached hydrogen (secondary N) is 1. The van der Waals surface area contributed by atoms with E-state index >= 15 is 0 Å². The maximum absolute atomic E-state index is 14.2. The minimum atomic E-state index is -4.74. The fourth-order valence-electron chi connectivity index (χ4n) is 2.04. The lowest BCUT2D eigenvalue weighted by molar-refractivity contribution is -0.140. The molecule has 0 aliphatic rings. The van der Waals surface area contributed by atoms with Crippen molar-refractivity contribution < 1.29 is 22.0 Å². The molecule has 0 saturated heterocycles. The lowest BCUT2D eigenvalue weighted by Gasteiger charge is -2.19. The van der Waals surface area contributed by atoms with Crippen LogP contribution >= 0.6 is 15.9 Å². The second-order valence-corrected chi connectivity index (χ2v) is 5.12. The molecule has 0 spiro atoms. The summed E-state index contributed by atoms with van der Waals surface area (Å²) in [6.07, 6.45) is -4.74. The first-order valence-electron chi connectivity index (χ1n) is 6.18. The van der Waals surface area contributed by atoms with E-state index in [2.05, 4.69) is 21.2 Å². The summed E-state index contributed by atoms with van der Waals surface area (Å²) in [6.45, 7) is 2.22. The van der Waals surface area contributed by atoms with Crippen molar-refractivity contribution in [2.75, 3.05) is 6.54 Å². The number of rotatable bonds is 4. The summed E-state index contributed by atoms with van der Waals surface area (Å²) in [6, 6.07) is 5.61. The molecule has 1 aromatic heterocycles. The molecule has 2 rings (SSSR count). The summed E-state index contributed by atoms with van der Waals surface area (Å²) >= 11 is 3.12. The molecule has 114 valence electrons. The van der Waals surface area contributed by atoms with Crippen molar-refractivity contribution >= 4 is 15.9 Å². The van der Waals surface area contributed by atoms with Gasteiger partial charge in [-0.3, -0.25) is 0 Å². The van der Waals surface area contributed by atoms with Crippen molar-refractivity contribution in [3.63, 3.8) is 0 Å². The molecule has 0 saturated carbocycles.